The van der Waals surface area contributed by atoms with Crippen LogP contribution in [0.3, 0.4) is 0 Å². The third-order valence-electron chi connectivity index (χ3n) is 1.95. The molecule has 3 nitrogen and oxygen atoms in total. The Morgan fingerprint density at radius 3 is 2.53 bits per heavy atom. The molecule has 1 unspecified atom stereocenters. The lowest BCUT2D eigenvalue weighted by Crippen LogP contribution is -2.16. The molecule has 0 saturated carbocycles. The molecule has 0 aliphatic heterocycles. The van der Waals surface area contributed by atoms with Crippen LogP contribution in [0.5, 0.6) is 5.75 Å². The van der Waals surface area contributed by atoms with Crippen molar-refractivity contribution < 1.29 is 18.6 Å². The largest absolute Gasteiger partial charge is 0.493 e. The zero-order valence-corrected chi connectivity index (χ0v) is 8.34. The second kappa shape index (κ2) is 5.04. The van der Waals surface area contributed by atoms with Crippen molar-refractivity contribution in [2.45, 2.75) is 13.0 Å². The van der Waals surface area contributed by atoms with Gasteiger partial charge in [-0.15, -0.1) is 0 Å². The highest BCUT2D eigenvalue weighted by Crippen LogP contribution is 2.26. The molecule has 0 spiro atoms. The topological polar surface area (TPSA) is 55.5 Å². The molecule has 0 amide bonds. The fraction of sp³-hybridized carbons (Fsp3) is 0.400. The van der Waals surface area contributed by atoms with Gasteiger partial charge in [0.25, 0.3) is 0 Å². The summed E-state index contributed by atoms with van der Waals surface area (Å²) in [6.45, 7) is 1.68. The first kappa shape index (κ1) is 11.9. The van der Waals surface area contributed by atoms with E-state index in [1.54, 1.807) is 6.92 Å². The molecule has 84 valence electrons. The average Bonchev–Trinajstić information content (AvgIpc) is 2.22. The highest BCUT2D eigenvalue weighted by Gasteiger charge is 2.15. The van der Waals surface area contributed by atoms with E-state index < -0.39 is 17.7 Å². The summed E-state index contributed by atoms with van der Waals surface area (Å²) >= 11 is 0. The molecule has 0 radical (unpaired) electrons. The first-order valence-electron chi connectivity index (χ1n) is 4.58. The van der Waals surface area contributed by atoms with E-state index in [1.807, 2.05) is 0 Å². The molecule has 0 heterocycles. The summed E-state index contributed by atoms with van der Waals surface area (Å²) in [6.07, 6.45) is 0. The summed E-state index contributed by atoms with van der Waals surface area (Å²) in [6, 6.07) is 1.10. The normalized spacial score (nSPS) is 12.6. The summed E-state index contributed by atoms with van der Waals surface area (Å²) in [7, 11) is 0. The lowest BCUT2D eigenvalue weighted by Gasteiger charge is -2.14. The number of hydrogen-bond donors (Lipinski definition) is 2. The SMILES string of the molecule is CCOc1cc(F)c(F)cc1C(N)CO. The predicted octanol–water partition coefficient (Wildman–Crippen LogP) is 1.36. The monoisotopic (exact) mass is 217 g/mol. The average molecular weight is 217 g/mol. The van der Waals surface area contributed by atoms with Gasteiger partial charge >= 0.3 is 0 Å². The van der Waals surface area contributed by atoms with Gasteiger partial charge in [-0.25, -0.2) is 8.78 Å². The van der Waals surface area contributed by atoms with E-state index in [0.29, 0.717) is 6.61 Å². The Labute approximate surface area is 86.5 Å². The van der Waals surface area contributed by atoms with Crippen molar-refractivity contribution in [3.8, 4) is 5.75 Å². The summed E-state index contributed by atoms with van der Waals surface area (Å²) in [4.78, 5) is 0. The van der Waals surface area contributed by atoms with E-state index in [0.717, 1.165) is 12.1 Å². The van der Waals surface area contributed by atoms with Gasteiger partial charge in [-0.05, 0) is 13.0 Å². The van der Waals surface area contributed by atoms with E-state index in [-0.39, 0.29) is 17.9 Å². The molecular formula is C10H13F2NO2. The molecule has 1 aromatic carbocycles. The van der Waals surface area contributed by atoms with Crippen LogP contribution in [0.2, 0.25) is 0 Å². The van der Waals surface area contributed by atoms with Gasteiger partial charge in [0.05, 0.1) is 19.3 Å². The molecule has 0 aliphatic carbocycles. The van der Waals surface area contributed by atoms with Crippen LogP contribution in [0.4, 0.5) is 8.78 Å². The van der Waals surface area contributed by atoms with E-state index in [9.17, 15) is 8.78 Å². The van der Waals surface area contributed by atoms with Gasteiger partial charge in [0.2, 0.25) is 0 Å². The highest BCUT2D eigenvalue weighted by atomic mass is 19.2. The zero-order chi connectivity index (χ0) is 11.4. The van der Waals surface area contributed by atoms with Crippen molar-refractivity contribution in [1.82, 2.24) is 0 Å². The molecule has 1 atom stereocenters. The Hall–Kier alpha value is -1.20. The Balaban J connectivity index is 3.15. The van der Waals surface area contributed by atoms with Crippen molar-refractivity contribution in [2.24, 2.45) is 5.73 Å². The quantitative estimate of drug-likeness (QED) is 0.800. The second-order valence-electron chi connectivity index (χ2n) is 3.03. The highest BCUT2D eigenvalue weighted by molar-refractivity contribution is 5.37. The number of halogens is 2. The van der Waals surface area contributed by atoms with E-state index in [4.69, 9.17) is 15.6 Å². The van der Waals surface area contributed by atoms with Crippen LogP contribution in [0, 0.1) is 11.6 Å². The summed E-state index contributed by atoms with van der Waals surface area (Å²) in [5.41, 5.74) is 5.79. The van der Waals surface area contributed by atoms with Gasteiger partial charge in [-0.2, -0.15) is 0 Å². The number of hydrogen-bond acceptors (Lipinski definition) is 3. The van der Waals surface area contributed by atoms with Crippen molar-refractivity contribution in [3.63, 3.8) is 0 Å². The maximum Gasteiger partial charge on any atom is 0.162 e. The first-order valence-corrected chi connectivity index (χ1v) is 4.58. The van der Waals surface area contributed by atoms with Crippen molar-refractivity contribution in [2.75, 3.05) is 13.2 Å². The third-order valence-corrected chi connectivity index (χ3v) is 1.95. The number of rotatable bonds is 4. The second-order valence-corrected chi connectivity index (χ2v) is 3.03. The summed E-state index contributed by atoms with van der Waals surface area (Å²) in [5.74, 6) is -1.83. The van der Waals surface area contributed by atoms with Gasteiger partial charge < -0.3 is 15.6 Å². The fourth-order valence-electron chi connectivity index (χ4n) is 1.21. The number of ether oxygens (including phenoxy) is 1. The minimum absolute atomic E-state index is 0.165. The molecular weight excluding hydrogens is 204 g/mol. The molecule has 0 aromatic heterocycles. The molecule has 0 fully saturated rings. The van der Waals surface area contributed by atoms with Gasteiger partial charge in [-0.3, -0.25) is 0 Å². The Morgan fingerprint density at radius 2 is 2.00 bits per heavy atom. The van der Waals surface area contributed by atoms with Crippen molar-refractivity contribution in [1.29, 1.82) is 0 Å². The molecule has 0 bridgehead atoms. The van der Waals surface area contributed by atoms with Gasteiger partial charge in [-0.1, -0.05) is 0 Å². The number of benzene rings is 1. The first-order chi connectivity index (χ1) is 7.10. The van der Waals surface area contributed by atoms with Crippen LogP contribution in [0.25, 0.3) is 0 Å². The van der Waals surface area contributed by atoms with Crippen LogP contribution in [-0.4, -0.2) is 18.3 Å². The lowest BCUT2D eigenvalue weighted by atomic mass is 10.1. The molecule has 5 heteroatoms. The number of aliphatic hydroxyl groups excluding tert-OH is 1. The van der Waals surface area contributed by atoms with Crippen LogP contribution in [0.15, 0.2) is 12.1 Å². The minimum Gasteiger partial charge on any atom is -0.493 e. The Kier molecular flexibility index (Phi) is 3.99. The Morgan fingerprint density at radius 1 is 1.40 bits per heavy atom. The fourth-order valence-corrected chi connectivity index (χ4v) is 1.21. The Bertz CT molecular complexity index is 344. The van der Waals surface area contributed by atoms with Crippen LogP contribution < -0.4 is 10.5 Å². The molecule has 3 N–H and O–H groups in total. The van der Waals surface area contributed by atoms with Gasteiger partial charge in [0.15, 0.2) is 11.6 Å². The number of nitrogens with two attached hydrogens (primary N) is 1. The molecule has 15 heavy (non-hydrogen) atoms. The molecule has 0 saturated heterocycles. The third kappa shape index (κ3) is 2.64. The molecule has 1 rings (SSSR count). The molecule has 1 aromatic rings. The number of aliphatic hydroxyl groups is 1. The van der Waals surface area contributed by atoms with Gasteiger partial charge in [0.1, 0.15) is 5.75 Å². The zero-order valence-electron chi connectivity index (χ0n) is 8.34. The van der Waals surface area contributed by atoms with Crippen molar-refractivity contribution in [3.05, 3.63) is 29.3 Å². The maximum atomic E-state index is 12.9. The molecule has 0 aliphatic rings. The standard InChI is InChI=1S/C10H13F2NO2/c1-2-15-10-4-8(12)7(11)3-6(10)9(13)5-14/h3-4,9,14H,2,5,13H2,1H3. The lowest BCUT2D eigenvalue weighted by molar-refractivity contribution is 0.260. The van der Waals surface area contributed by atoms with E-state index in [1.165, 1.54) is 0 Å². The van der Waals surface area contributed by atoms with Crippen LogP contribution in [-0.2, 0) is 0 Å². The van der Waals surface area contributed by atoms with Crippen molar-refractivity contribution >= 4 is 0 Å². The van der Waals surface area contributed by atoms with Crippen LogP contribution in [0.1, 0.15) is 18.5 Å². The van der Waals surface area contributed by atoms with E-state index >= 15 is 0 Å². The minimum atomic E-state index is -1.00. The smallest absolute Gasteiger partial charge is 0.162 e. The van der Waals surface area contributed by atoms with Gasteiger partial charge in [0, 0.05) is 11.6 Å². The maximum absolute atomic E-state index is 12.9. The summed E-state index contributed by atoms with van der Waals surface area (Å²) in [5, 5.41) is 8.84. The van der Waals surface area contributed by atoms with E-state index in [2.05, 4.69) is 0 Å². The summed E-state index contributed by atoms with van der Waals surface area (Å²) < 4.78 is 30.9. The predicted molar refractivity (Wildman–Crippen MR) is 51.5 cm³/mol. The van der Waals surface area contributed by atoms with Crippen LogP contribution >= 0.6 is 0 Å².